The number of halogens is 1. The van der Waals surface area contributed by atoms with Crippen molar-refractivity contribution in [1.82, 2.24) is 14.9 Å². The van der Waals surface area contributed by atoms with Gasteiger partial charge < -0.3 is 19.1 Å². The molecule has 0 aliphatic carbocycles. The van der Waals surface area contributed by atoms with Crippen molar-refractivity contribution in [2.24, 2.45) is 0 Å². The van der Waals surface area contributed by atoms with Crippen molar-refractivity contribution in [3.05, 3.63) is 111 Å². The van der Waals surface area contributed by atoms with Crippen LogP contribution in [0.4, 0.5) is 21.5 Å². The molecule has 0 atom stereocenters. The molecule has 4 aromatic carbocycles. The van der Waals surface area contributed by atoms with E-state index in [2.05, 4.69) is 20.2 Å². The summed E-state index contributed by atoms with van der Waals surface area (Å²) in [4.78, 5) is 32.1. The van der Waals surface area contributed by atoms with Gasteiger partial charge in [0.25, 0.3) is 5.69 Å². The van der Waals surface area contributed by atoms with Crippen LogP contribution in [0.5, 0.6) is 0 Å². The molecule has 0 unspecified atom stereocenters. The van der Waals surface area contributed by atoms with E-state index in [1.54, 1.807) is 30.3 Å². The van der Waals surface area contributed by atoms with Crippen LogP contribution in [0.1, 0.15) is 19.3 Å². The monoisotopic (exact) mass is 624 g/mol. The summed E-state index contributed by atoms with van der Waals surface area (Å²) in [5, 5.41) is 25.5. The number of piperidine rings is 1. The van der Waals surface area contributed by atoms with Gasteiger partial charge in [0.05, 0.1) is 9.85 Å². The number of para-hydroxylation sites is 4. The summed E-state index contributed by atoms with van der Waals surface area (Å²) in [7, 11) is 0. The predicted molar refractivity (Wildman–Crippen MR) is 171 cm³/mol. The molecule has 0 amide bonds. The Labute approximate surface area is 261 Å². The van der Waals surface area contributed by atoms with Crippen LogP contribution in [0.15, 0.2) is 93.8 Å². The fourth-order valence-electron chi connectivity index (χ4n) is 5.27. The lowest BCUT2D eigenvalue weighted by Gasteiger charge is -2.26. The van der Waals surface area contributed by atoms with Gasteiger partial charge in [-0.05, 0) is 74.5 Å². The number of fused-ring (bicyclic) bond motifs is 2. The Morgan fingerprint density at radius 2 is 1.28 bits per heavy atom. The highest BCUT2D eigenvalue weighted by Crippen LogP contribution is 2.32. The molecule has 13 heteroatoms. The van der Waals surface area contributed by atoms with Crippen molar-refractivity contribution in [2.75, 3.05) is 31.5 Å². The third-order valence-electron chi connectivity index (χ3n) is 7.61. The van der Waals surface area contributed by atoms with Crippen LogP contribution in [0.25, 0.3) is 45.1 Å². The number of nitrogens with one attached hydrogen (secondary N) is 1. The number of aromatic nitrogens is 2. The van der Waals surface area contributed by atoms with Gasteiger partial charge in [-0.3, -0.25) is 20.2 Å². The SMILES string of the molecule is O=[N+]([O-])c1cc(-c2nc3ccccc3o2)ccc1F.O=[N+]([O-])c1cc(-c2nc3ccccc3o2)ccc1NCCN1CCCCC1. The molecule has 1 aliphatic heterocycles. The molecule has 234 valence electrons. The van der Waals surface area contributed by atoms with Crippen molar-refractivity contribution in [3.8, 4) is 22.9 Å². The van der Waals surface area contributed by atoms with Crippen molar-refractivity contribution >= 4 is 39.3 Å². The molecule has 0 radical (unpaired) electrons. The molecule has 46 heavy (non-hydrogen) atoms. The van der Waals surface area contributed by atoms with E-state index in [-0.39, 0.29) is 16.5 Å². The molecule has 6 aromatic rings. The van der Waals surface area contributed by atoms with E-state index in [4.69, 9.17) is 8.83 Å². The first-order valence-electron chi connectivity index (χ1n) is 14.8. The Kier molecular flexibility index (Phi) is 8.92. The highest BCUT2D eigenvalue weighted by Gasteiger charge is 2.19. The van der Waals surface area contributed by atoms with E-state index < -0.39 is 16.4 Å². The third kappa shape index (κ3) is 6.84. The number of nitro groups is 2. The maximum Gasteiger partial charge on any atom is 0.305 e. The van der Waals surface area contributed by atoms with Crippen molar-refractivity contribution in [2.45, 2.75) is 19.3 Å². The molecule has 1 aliphatic rings. The number of likely N-dealkylation sites (tertiary alicyclic amines) is 1. The molecular formula is C33H29FN6O6. The van der Waals surface area contributed by atoms with Gasteiger partial charge >= 0.3 is 5.69 Å². The lowest BCUT2D eigenvalue weighted by Crippen LogP contribution is -2.33. The molecule has 7 rings (SSSR count). The van der Waals surface area contributed by atoms with Crippen molar-refractivity contribution < 1.29 is 23.1 Å². The van der Waals surface area contributed by atoms with E-state index in [1.807, 2.05) is 30.3 Å². The zero-order valence-corrected chi connectivity index (χ0v) is 24.6. The number of hydrogen-bond donors (Lipinski definition) is 1. The zero-order chi connectivity index (χ0) is 32.0. The average molecular weight is 625 g/mol. The first-order chi connectivity index (χ1) is 22.4. The summed E-state index contributed by atoms with van der Waals surface area (Å²) in [6, 6.07) is 23.1. The van der Waals surface area contributed by atoms with Crippen LogP contribution >= 0.6 is 0 Å². The van der Waals surface area contributed by atoms with E-state index in [0.717, 1.165) is 37.3 Å². The molecule has 0 bridgehead atoms. The molecule has 1 fully saturated rings. The molecule has 12 nitrogen and oxygen atoms in total. The second-order valence-corrected chi connectivity index (χ2v) is 10.7. The number of nitrogens with zero attached hydrogens (tertiary/aromatic N) is 5. The lowest BCUT2D eigenvalue weighted by atomic mass is 10.1. The van der Waals surface area contributed by atoms with Crippen LogP contribution in [0.3, 0.4) is 0 Å². The van der Waals surface area contributed by atoms with Crippen LogP contribution in [0, 0.1) is 26.0 Å². The van der Waals surface area contributed by atoms with Gasteiger partial charge in [-0.1, -0.05) is 30.7 Å². The second-order valence-electron chi connectivity index (χ2n) is 10.7. The largest absolute Gasteiger partial charge is 0.436 e. The number of nitro benzene ring substituents is 2. The van der Waals surface area contributed by atoms with Crippen LogP contribution in [-0.2, 0) is 0 Å². The summed E-state index contributed by atoms with van der Waals surface area (Å²) in [5.41, 5.74) is 3.54. The predicted octanol–water partition coefficient (Wildman–Crippen LogP) is 7.84. The maximum atomic E-state index is 13.2. The van der Waals surface area contributed by atoms with E-state index in [9.17, 15) is 24.6 Å². The minimum absolute atomic E-state index is 0.0356. The fraction of sp³-hybridized carbons (Fsp3) is 0.212. The highest BCUT2D eigenvalue weighted by atomic mass is 19.1. The summed E-state index contributed by atoms with van der Waals surface area (Å²) >= 11 is 0. The van der Waals surface area contributed by atoms with Crippen molar-refractivity contribution in [1.29, 1.82) is 0 Å². The Morgan fingerprint density at radius 3 is 1.85 bits per heavy atom. The van der Waals surface area contributed by atoms with Gasteiger partial charge in [0.1, 0.15) is 16.7 Å². The fourth-order valence-corrected chi connectivity index (χ4v) is 5.27. The average Bonchev–Trinajstić information content (AvgIpc) is 3.71. The summed E-state index contributed by atoms with van der Waals surface area (Å²) in [6.45, 7) is 3.80. The number of anilines is 1. The quantitative estimate of drug-likeness (QED) is 0.131. The zero-order valence-electron chi connectivity index (χ0n) is 24.6. The summed E-state index contributed by atoms with van der Waals surface area (Å²) in [5.74, 6) is -0.270. The van der Waals surface area contributed by atoms with Gasteiger partial charge in [0.2, 0.25) is 17.6 Å². The molecule has 1 saturated heterocycles. The lowest BCUT2D eigenvalue weighted by molar-refractivity contribution is -0.387. The van der Waals surface area contributed by atoms with Gasteiger partial charge in [0.15, 0.2) is 11.2 Å². The molecule has 3 heterocycles. The van der Waals surface area contributed by atoms with Crippen LogP contribution in [0.2, 0.25) is 0 Å². The Bertz CT molecular complexity index is 1950. The Morgan fingerprint density at radius 1 is 0.739 bits per heavy atom. The standard InChI is InChI=1S/C20H22N4O3.C13H7FN2O3/c25-24(26)18-14-15(20-22-17-6-2-3-7-19(17)27-20)8-9-16(18)21-10-13-23-11-4-1-5-12-23;14-9-6-5-8(7-11(9)16(17)18)13-15-10-3-1-2-4-12(10)19-13/h2-3,6-9,14,21H,1,4-5,10-13H2;1-7H. The maximum absolute atomic E-state index is 13.2. The van der Waals surface area contributed by atoms with Crippen LogP contribution in [-0.4, -0.2) is 50.9 Å². The minimum atomic E-state index is -0.884. The Balaban J connectivity index is 0.000000172. The normalized spacial score (nSPS) is 13.3. The van der Waals surface area contributed by atoms with Crippen LogP contribution < -0.4 is 5.32 Å². The molecule has 1 N–H and O–H groups in total. The topological polar surface area (TPSA) is 154 Å². The number of benzene rings is 4. The van der Waals surface area contributed by atoms with Gasteiger partial charge in [-0.15, -0.1) is 0 Å². The highest BCUT2D eigenvalue weighted by molar-refractivity contribution is 5.78. The summed E-state index contributed by atoms with van der Waals surface area (Å²) in [6.07, 6.45) is 3.77. The number of hydrogen-bond acceptors (Lipinski definition) is 10. The van der Waals surface area contributed by atoms with Crippen molar-refractivity contribution in [3.63, 3.8) is 0 Å². The molecule has 0 saturated carbocycles. The summed E-state index contributed by atoms with van der Waals surface area (Å²) < 4.78 is 24.4. The minimum Gasteiger partial charge on any atom is -0.436 e. The number of rotatable bonds is 8. The second kappa shape index (κ2) is 13.5. The number of oxazole rings is 2. The first kappa shape index (κ1) is 30.3. The van der Waals surface area contributed by atoms with E-state index >= 15 is 0 Å². The van der Waals surface area contributed by atoms with Gasteiger partial charge in [0, 0.05) is 36.3 Å². The third-order valence-corrected chi connectivity index (χ3v) is 7.61. The molecule has 2 aromatic heterocycles. The van der Waals surface area contributed by atoms with E-state index in [1.165, 1.54) is 31.4 Å². The molecule has 0 spiro atoms. The van der Waals surface area contributed by atoms with Gasteiger partial charge in [-0.25, -0.2) is 9.97 Å². The first-order valence-corrected chi connectivity index (χ1v) is 14.8. The Hall–Kier alpha value is -5.69. The van der Waals surface area contributed by atoms with Gasteiger partial charge in [-0.2, -0.15) is 4.39 Å². The smallest absolute Gasteiger partial charge is 0.305 e. The molecular weight excluding hydrogens is 595 g/mol. The van der Waals surface area contributed by atoms with E-state index in [0.29, 0.717) is 45.9 Å².